The predicted octanol–water partition coefficient (Wildman–Crippen LogP) is 3.45. The molecule has 33 heavy (non-hydrogen) atoms. The first-order valence-electron chi connectivity index (χ1n) is 10.9. The summed E-state index contributed by atoms with van der Waals surface area (Å²) in [6, 6.07) is 9.68. The average molecular weight is 455 g/mol. The second-order valence-corrected chi connectivity index (χ2v) is 9.20. The van der Waals surface area contributed by atoms with Crippen LogP contribution in [0.4, 0.5) is 24.5 Å². The number of fused-ring (bicyclic) bond motifs is 7. The van der Waals surface area contributed by atoms with Crippen molar-refractivity contribution in [3.63, 3.8) is 0 Å². The Morgan fingerprint density at radius 3 is 2.58 bits per heavy atom. The number of alkyl halides is 3. The molecule has 1 N–H and O–H groups in total. The minimum Gasteiger partial charge on any atom is -0.324 e. The summed E-state index contributed by atoms with van der Waals surface area (Å²) < 4.78 is 41.2. The highest BCUT2D eigenvalue weighted by atomic mass is 19.4. The summed E-state index contributed by atoms with van der Waals surface area (Å²) in [7, 11) is 0. The fraction of sp³-hybridized carbons (Fsp3) is 0.375. The smallest absolute Gasteiger partial charge is 0.324 e. The number of rotatable bonds is 1. The Labute approximate surface area is 187 Å². The number of carbonyl (C=O) groups excluding carboxylic acids is 3. The maximum absolute atomic E-state index is 13.8. The van der Waals surface area contributed by atoms with Gasteiger partial charge in [-0.2, -0.15) is 13.2 Å². The third kappa shape index (κ3) is 2.40. The maximum Gasteiger partial charge on any atom is 0.418 e. The van der Waals surface area contributed by atoms with E-state index in [-0.39, 0.29) is 6.04 Å². The van der Waals surface area contributed by atoms with Gasteiger partial charge in [0.25, 0.3) is 0 Å². The first kappa shape index (κ1) is 20.4. The number of hydrogen-bond acceptors (Lipinski definition) is 4. The van der Waals surface area contributed by atoms with E-state index in [9.17, 15) is 27.6 Å². The first-order valence-corrected chi connectivity index (χ1v) is 10.9. The van der Waals surface area contributed by atoms with E-state index < -0.39 is 52.5 Å². The largest absolute Gasteiger partial charge is 0.418 e. The van der Waals surface area contributed by atoms with Crippen molar-refractivity contribution in [1.29, 1.82) is 0 Å². The Balaban J connectivity index is 1.56. The molecule has 3 amide bonds. The lowest BCUT2D eigenvalue weighted by Gasteiger charge is -2.37. The molecule has 6 nitrogen and oxygen atoms in total. The van der Waals surface area contributed by atoms with E-state index in [1.165, 1.54) is 12.1 Å². The SMILES string of the molecule is Cc1ccc2c(c1)[C@@]1(C(=O)N2)[C@@H]2C(=O)N(c3ccccc3C(F)(F)F)C(=O)[C@@H]2[C@@H]2CCCN21. The highest BCUT2D eigenvalue weighted by Gasteiger charge is 2.74. The number of para-hydroxylation sites is 1. The zero-order valence-electron chi connectivity index (χ0n) is 17.6. The molecule has 0 unspecified atom stereocenters. The van der Waals surface area contributed by atoms with Crippen LogP contribution in [0.3, 0.4) is 0 Å². The van der Waals surface area contributed by atoms with E-state index in [0.717, 1.165) is 24.1 Å². The van der Waals surface area contributed by atoms with Crippen LogP contribution in [0.1, 0.15) is 29.5 Å². The number of anilines is 2. The molecule has 2 aromatic carbocycles. The number of halogens is 3. The molecule has 3 fully saturated rings. The van der Waals surface area contributed by atoms with E-state index in [1.54, 1.807) is 6.07 Å². The summed E-state index contributed by atoms with van der Waals surface area (Å²) in [5, 5.41) is 2.87. The Hall–Kier alpha value is -3.20. The number of carbonyl (C=O) groups is 3. The molecule has 2 aromatic rings. The van der Waals surface area contributed by atoms with Crippen molar-refractivity contribution < 1.29 is 27.6 Å². The van der Waals surface area contributed by atoms with Gasteiger partial charge in [0, 0.05) is 17.3 Å². The molecule has 0 radical (unpaired) electrons. The molecule has 9 heteroatoms. The van der Waals surface area contributed by atoms with Crippen LogP contribution in [0.2, 0.25) is 0 Å². The normalized spacial score (nSPS) is 30.7. The second-order valence-electron chi connectivity index (χ2n) is 9.20. The molecule has 0 aromatic heterocycles. The highest BCUT2D eigenvalue weighted by Crippen LogP contribution is 2.61. The molecule has 4 aliphatic heterocycles. The second kappa shape index (κ2) is 6.44. The average Bonchev–Trinajstić information content (AvgIpc) is 3.46. The molecule has 0 bridgehead atoms. The van der Waals surface area contributed by atoms with E-state index in [0.29, 0.717) is 29.1 Å². The maximum atomic E-state index is 13.8. The van der Waals surface area contributed by atoms with Gasteiger partial charge in [-0.3, -0.25) is 19.3 Å². The predicted molar refractivity (Wildman–Crippen MR) is 112 cm³/mol. The summed E-state index contributed by atoms with van der Waals surface area (Å²) in [4.78, 5) is 43.7. The van der Waals surface area contributed by atoms with Crippen molar-refractivity contribution >= 4 is 29.1 Å². The number of imide groups is 1. The van der Waals surface area contributed by atoms with Gasteiger partial charge in [-0.25, -0.2) is 4.90 Å². The monoisotopic (exact) mass is 455 g/mol. The van der Waals surface area contributed by atoms with Crippen molar-refractivity contribution in [1.82, 2.24) is 4.90 Å². The van der Waals surface area contributed by atoms with Gasteiger partial charge in [0.15, 0.2) is 0 Å². The number of amides is 3. The number of aryl methyl sites for hydroxylation is 1. The Morgan fingerprint density at radius 1 is 1.06 bits per heavy atom. The topological polar surface area (TPSA) is 69.7 Å². The van der Waals surface area contributed by atoms with Crippen molar-refractivity contribution in [2.45, 2.75) is 37.5 Å². The summed E-state index contributed by atoms with van der Waals surface area (Å²) in [5.41, 5.74) is -0.833. The van der Waals surface area contributed by atoms with Crippen molar-refractivity contribution in [2.24, 2.45) is 11.8 Å². The molecule has 0 aliphatic carbocycles. The lowest BCUT2D eigenvalue weighted by molar-refractivity contribution is -0.138. The minimum atomic E-state index is -4.74. The van der Waals surface area contributed by atoms with Crippen molar-refractivity contribution in [3.05, 3.63) is 59.2 Å². The lowest BCUT2D eigenvalue weighted by Crippen LogP contribution is -2.54. The lowest BCUT2D eigenvalue weighted by atomic mass is 9.75. The molecule has 6 rings (SSSR count). The van der Waals surface area contributed by atoms with Crippen molar-refractivity contribution in [3.8, 4) is 0 Å². The number of hydrogen-bond donors (Lipinski definition) is 1. The van der Waals surface area contributed by atoms with Crippen molar-refractivity contribution in [2.75, 3.05) is 16.8 Å². The van der Waals surface area contributed by atoms with Gasteiger partial charge in [-0.05, 0) is 44.5 Å². The van der Waals surface area contributed by atoms with Gasteiger partial charge >= 0.3 is 6.18 Å². The van der Waals surface area contributed by atoms with Gasteiger partial charge in [-0.15, -0.1) is 0 Å². The van der Waals surface area contributed by atoms with E-state index in [4.69, 9.17) is 0 Å². The van der Waals surface area contributed by atoms with Crippen LogP contribution in [-0.4, -0.2) is 35.2 Å². The molecule has 4 aliphatic rings. The summed E-state index contributed by atoms with van der Waals surface area (Å²) in [6.07, 6.45) is -3.39. The van der Waals surface area contributed by atoms with Gasteiger partial charge < -0.3 is 5.32 Å². The number of nitrogens with one attached hydrogen (secondary N) is 1. The van der Waals surface area contributed by atoms with Gasteiger partial charge in [-0.1, -0.05) is 29.8 Å². The third-order valence-corrected chi connectivity index (χ3v) is 7.60. The third-order valence-electron chi connectivity index (χ3n) is 7.60. The highest BCUT2D eigenvalue weighted by molar-refractivity contribution is 6.26. The standard InChI is InChI=1S/C24H20F3N3O3/c1-12-8-9-15-14(11-12)23(22(33)28-15)19-18(17-7-4-10-29(17)23)20(31)30(21(19)32)16-6-3-2-5-13(16)24(25,26)27/h2-3,5-6,8-9,11,17-19H,4,7,10H2,1H3,(H,28,33)/t17-,18+,19-,23-/m0/s1. The fourth-order valence-electron chi connectivity index (χ4n) is 6.46. The van der Waals surface area contributed by atoms with Gasteiger partial charge in [0.1, 0.15) is 5.54 Å². The molecule has 0 saturated carbocycles. The summed E-state index contributed by atoms with van der Waals surface area (Å²) >= 11 is 0. The Morgan fingerprint density at radius 2 is 1.82 bits per heavy atom. The van der Waals surface area contributed by atoms with Crippen LogP contribution in [-0.2, 0) is 26.1 Å². The van der Waals surface area contributed by atoms with Crippen LogP contribution in [0.25, 0.3) is 0 Å². The molecule has 1 spiro atoms. The zero-order chi connectivity index (χ0) is 23.3. The molecular weight excluding hydrogens is 435 g/mol. The van der Waals surface area contributed by atoms with Gasteiger partial charge in [0.05, 0.1) is 23.1 Å². The quantitative estimate of drug-likeness (QED) is 0.669. The number of benzene rings is 2. The van der Waals surface area contributed by atoms with Crippen LogP contribution >= 0.6 is 0 Å². The summed E-state index contributed by atoms with van der Waals surface area (Å²) in [5.74, 6) is -3.77. The Bertz CT molecular complexity index is 1240. The van der Waals surface area contributed by atoms with E-state index in [1.807, 2.05) is 24.0 Å². The molecular formula is C24H20F3N3O3. The van der Waals surface area contributed by atoms with E-state index >= 15 is 0 Å². The van der Waals surface area contributed by atoms with E-state index in [2.05, 4.69) is 5.32 Å². The van der Waals surface area contributed by atoms with Crippen LogP contribution in [0.15, 0.2) is 42.5 Å². The first-order chi connectivity index (χ1) is 15.7. The Kier molecular flexibility index (Phi) is 3.98. The minimum absolute atomic E-state index is 0.383. The fourth-order valence-corrected chi connectivity index (χ4v) is 6.46. The van der Waals surface area contributed by atoms with Crippen LogP contribution in [0.5, 0.6) is 0 Å². The van der Waals surface area contributed by atoms with Crippen LogP contribution in [0, 0.1) is 18.8 Å². The van der Waals surface area contributed by atoms with Gasteiger partial charge in [0.2, 0.25) is 17.7 Å². The number of nitrogens with zero attached hydrogens (tertiary/aromatic N) is 2. The molecule has 170 valence electrons. The molecule has 3 saturated heterocycles. The zero-order valence-corrected chi connectivity index (χ0v) is 17.6. The van der Waals surface area contributed by atoms with Crippen LogP contribution < -0.4 is 10.2 Å². The molecule has 4 heterocycles. The molecule has 4 atom stereocenters. The summed E-state index contributed by atoms with van der Waals surface area (Å²) in [6.45, 7) is 2.41.